The lowest BCUT2D eigenvalue weighted by Gasteiger charge is -2.28. The van der Waals surface area contributed by atoms with Crippen LogP contribution in [0.4, 0.5) is 4.79 Å². The van der Waals surface area contributed by atoms with Gasteiger partial charge in [-0.2, -0.15) is 0 Å². The normalized spacial score (nSPS) is 18.6. The van der Waals surface area contributed by atoms with Crippen molar-refractivity contribution in [2.24, 2.45) is 5.73 Å². The Balaban J connectivity index is 2.55. The molecule has 0 unspecified atom stereocenters. The van der Waals surface area contributed by atoms with Crippen LogP contribution in [0.2, 0.25) is 0 Å². The highest BCUT2D eigenvalue weighted by molar-refractivity contribution is 5.97. The summed E-state index contributed by atoms with van der Waals surface area (Å²) in [5.74, 6) is 0.00200. The largest absolute Gasteiger partial charge is 0.496 e. The number of amides is 3. The molecule has 0 saturated carbocycles. The number of primary amides is 1. The van der Waals surface area contributed by atoms with E-state index in [9.17, 15) is 9.59 Å². The number of nitrogens with two attached hydrogens (primary N) is 1. The summed E-state index contributed by atoms with van der Waals surface area (Å²) in [6.45, 7) is 1.64. The minimum absolute atomic E-state index is 0.323. The molecule has 0 bridgehead atoms. The van der Waals surface area contributed by atoms with E-state index < -0.39 is 11.9 Å². The second-order valence-electron chi connectivity index (χ2n) is 4.18. The number of para-hydroxylation sites is 1. The molecule has 3 amide bonds. The van der Waals surface area contributed by atoms with E-state index in [-0.39, 0.29) is 6.03 Å². The molecule has 1 aliphatic heterocycles. The standard InChI is InChI=1S/C13H15N3O3/c1-7-10(12(14)17)11(16-13(18)15-7)8-5-3-4-6-9(8)19-2/h3-6,11H,1-2H3,(H2,14,17)(H2,15,16,18)/t11-/m0/s1. The lowest BCUT2D eigenvalue weighted by atomic mass is 9.94. The molecule has 6 heteroatoms. The number of hydrogen-bond donors (Lipinski definition) is 3. The highest BCUT2D eigenvalue weighted by Crippen LogP contribution is 2.32. The van der Waals surface area contributed by atoms with E-state index >= 15 is 0 Å². The summed E-state index contributed by atoms with van der Waals surface area (Å²) in [5.41, 5.74) is 6.86. The summed E-state index contributed by atoms with van der Waals surface area (Å²) in [6, 6.07) is 6.18. The van der Waals surface area contributed by atoms with Crippen LogP contribution in [0.1, 0.15) is 18.5 Å². The van der Waals surface area contributed by atoms with Crippen LogP contribution < -0.4 is 21.1 Å². The van der Waals surface area contributed by atoms with E-state index in [1.807, 2.05) is 6.07 Å². The van der Waals surface area contributed by atoms with E-state index in [1.165, 1.54) is 7.11 Å². The summed E-state index contributed by atoms with van der Waals surface area (Å²) in [4.78, 5) is 23.2. The smallest absolute Gasteiger partial charge is 0.319 e. The van der Waals surface area contributed by atoms with Crippen LogP contribution in [0.25, 0.3) is 0 Å². The Kier molecular flexibility index (Phi) is 3.41. The first-order valence-corrected chi connectivity index (χ1v) is 5.75. The van der Waals surface area contributed by atoms with Crippen molar-refractivity contribution in [3.8, 4) is 5.75 Å². The number of methoxy groups -OCH3 is 1. The number of carbonyl (C=O) groups is 2. The first-order chi connectivity index (χ1) is 9.04. The van der Waals surface area contributed by atoms with Gasteiger partial charge in [0.15, 0.2) is 0 Å². The number of carbonyl (C=O) groups excluding carboxylic acids is 2. The Morgan fingerprint density at radius 2 is 2.05 bits per heavy atom. The van der Waals surface area contributed by atoms with Gasteiger partial charge in [0.2, 0.25) is 5.91 Å². The number of benzene rings is 1. The molecule has 1 atom stereocenters. The van der Waals surface area contributed by atoms with Gasteiger partial charge >= 0.3 is 6.03 Å². The highest BCUT2D eigenvalue weighted by atomic mass is 16.5. The zero-order chi connectivity index (χ0) is 14.0. The Morgan fingerprint density at radius 3 is 2.68 bits per heavy atom. The molecule has 100 valence electrons. The van der Waals surface area contributed by atoms with E-state index in [4.69, 9.17) is 10.5 Å². The Labute approximate surface area is 110 Å². The lowest BCUT2D eigenvalue weighted by molar-refractivity contribution is -0.115. The molecule has 4 N–H and O–H groups in total. The van der Waals surface area contributed by atoms with Crippen molar-refractivity contribution in [2.45, 2.75) is 13.0 Å². The quantitative estimate of drug-likeness (QED) is 0.751. The van der Waals surface area contributed by atoms with Gasteiger partial charge in [0.1, 0.15) is 5.75 Å². The molecular formula is C13H15N3O3. The van der Waals surface area contributed by atoms with Crippen molar-refractivity contribution in [1.29, 1.82) is 0 Å². The molecule has 6 nitrogen and oxygen atoms in total. The third-order valence-corrected chi connectivity index (χ3v) is 2.98. The Hall–Kier alpha value is -2.50. The first kappa shape index (κ1) is 12.9. The number of rotatable bonds is 3. The fourth-order valence-corrected chi connectivity index (χ4v) is 2.16. The molecule has 0 spiro atoms. The van der Waals surface area contributed by atoms with Crippen molar-refractivity contribution in [3.63, 3.8) is 0 Å². The van der Waals surface area contributed by atoms with Gasteiger partial charge in [-0.3, -0.25) is 4.79 Å². The summed E-state index contributed by atoms with van der Waals surface area (Å²) >= 11 is 0. The Morgan fingerprint density at radius 1 is 1.37 bits per heavy atom. The predicted molar refractivity (Wildman–Crippen MR) is 69.3 cm³/mol. The number of urea groups is 1. The fourth-order valence-electron chi connectivity index (χ4n) is 2.16. The molecule has 0 saturated heterocycles. The van der Waals surface area contributed by atoms with E-state index in [0.717, 1.165) is 0 Å². The van der Waals surface area contributed by atoms with Gasteiger partial charge in [-0.1, -0.05) is 18.2 Å². The zero-order valence-corrected chi connectivity index (χ0v) is 10.7. The van der Waals surface area contributed by atoms with Gasteiger partial charge in [-0.15, -0.1) is 0 Å². The second-order valence-corrected chi connectivity index (χ2v) is 4.18. The average Bonchev–Trinajstić information content (AvgIpc) is 2.37. The van der Waals surface area contributed by atoms with Crippen molar-refractivity contribution >= 4 is 11.9 Å². The number of hydrogen-bond acceptors (Lipinski definition) is 3. The molecule has 1 aliphatic rings. The van der Waals surface area contributed by atoms with E-state index in [1.54, 1.807) is 25.1 Å². The summed E-state index contributed by atoms with van der Waals surface area (Å²) in [7, 11) is 1.53. The van der Waals surface area contributed by atoms with Gasteiger partial charge in [-0.25, -0.2) is 4.79 Å². The fraction of sp³-hybridized carbons (Fsp3) is 0.231. The SMILES string of the molecule is COc1ccccc1[C@@H]1NC(=O)NC(C)=C1C(N)=O. The first-order valence-electron chi connectivity index (χ1n) is 5.75. The summed E-state index contributed by atoms with van der Waals surface area (Å²) in [6.07, 6.45) is 0. The maximum atomic E-state index is 11.6. The third-order valence-electron chi connectivity index (χ3n) is 2.98. The summed E-state index contributed by atoms with van der Waals surface area (Å²) < 4.78 is 5.25. The molecule has 1 aromatic carbocycles. The maximum Gasteiger partial charge on any atom is 0.319 e. The van der Waals surface area contributed by atoms with Crippen molar-refractivity contribution in [2.75, 3.05) is 7.11 Å². The number of nitrogens with one attached hydrogen (secondary N) is 2. The lowest BCUT2D eigenvalue weighted by Crippen LogP contribution is -2.46. The van der Waals surface area contributed by atoms with Gasteiger partial charge in [0.25, 0.3) is 0 Å². The van der Waals surface area contributed by atoms with Crippen LogP contribution in [0.5, 0.6) is 5.75 Å². The van der Waals surface area contributed by atoms with Crippen LogP contribution in [0.3, 0.4) is 0 Å². The number of ether oxygens (including phenoxy) is 1. The molecule has 0 radical (unpaired) electrons. The van der Waals surface area contributed by atoms with Crippen molar-refractivity contribution < 1.29 is 14.3 Å². The minimum atomic E-state index is -0.609. The molecule has 2 rings (SSSR count). The average molecular weight is 261 g/mol. The summed E-state index contributed by atoms with van der Waals surface area (Å²) in [5, 5.41) is 5.22. The van der Waals surface area contributed by atoms with Crippen LogP contribution in [-0.4, -0.2) is 19.0 Å². The molecule has 0 aliphatic carbocycles. The van der Waals surface area contributed by atoms with Crippen LogP contribution in [0.15, 0.2) is 35.5 Å². The van der Waals surface area contributed by atoms with Gasteiger partial charge < -0.3 is 21.1 Å². The van der Waals surface area contributed by atoms with Gasteiger partial charge in [-0.05, 0) is 13.0 Å². The predicted octanol–water partition coefficient (Wildman–Crippen LogP) is 0.808. The van der Waals surface area contributed by atoms with Crippen molar-refractivity contribution in [3.05, 3.63) is 41.1 Å². The number of allylic oxidation sites excluding steroid dienone is 1. The zero-order valence-electron chi connectivity index (χ0n) is 10.7. The Bertz CT molecular complexity index is 566. The highest BCUT2D eigenvalue weighted by Gasteiger charge is 2.31. The maximum absolute atomic E-state index is 11.6. The monoisotopic (exact) mass is 261 g/mol. The molecule has 1 aromatic rings. The second kappa shape index (κ2) is 5.01. The molecule has 19 heavy (non-hydrogen) atoms. The van der Waals surface area contributed by atoms with Crippen LogP contribution >= 0.6 is 0 Å². The van der Waals surface area contributed by atoms with Gasteiger partial charge in [0, 0.05) is 11.3 Å². The molecular weight excluding hydrogens is 246 g/mol. The van der Waals surface area contributed by atoms with Gasteiger partial charge in [0.05, 0.1) is 18.7 Å². The van der Waals surface area contributed by atoms with E-state index in [0.29, 0.717) is 22.6 Å². The van der Waals surface area contributed by atoms with Crippen LogP contribution in [0, 0.1) is 0 Å². The molecule has 0 aromatic heterocycles. The molecule has 1 heterocycles. The minimum Gasteiger partial charge on any atom is -0.496 e. The topological polar surface area (TPSA) is 93.4 Å². The molecule has 0 fully saturated rings. The van der Waals surface area contributed by atoms with Crippen LogP contribution in [-0.2, 0) is 4.79 Å². The third kappa shape index (κ3) is 2.37. The van der Waals surface area contributed by atoms with Crippen molar-refractivity contribution in [1.82, 2.24) is 10.6 Å². The van der Waals surface area contributed by atoms with E-state index in [2.05, 4.69) is 10.6 Å².